The first kappa shape index (κ1) is 36.2. The quantitative estimate of drug-likeness (QED) is 0.124. The van der Waals surface area contributed by atoms with Gasteiger partial charge in [-0.3, -0.25) is 9.59 Å². The van der Waals surface area contributed by atoms with E-state index < -0.39 is 24.3 Å². The fourth-order valence-corrected chi connectivity index (χ4v) is 9.47. The van der Waals surface area contributed by atoms with Gasteiger partial charge in [-0.1, -0.05) is 44.2 Å². The lowest BCUT2D eigenvalue weighted by molar-refractivity contribution is -0.135. The minimum Gasteiger partial charge on any atom is -0.453 e. The molecule has 0 aliphatic carbocycles. The van der Waals surface area contributed by atoms with Crippen molar-refractivity contribution in [1.29, 1.82) is 0 Å². The van der Waals surface area contributed by atoms with Crippen molar-refractivity contribution >= 4 is 56.1 Å². The fourth-order valence-electron chi connectivity index (χ4n) is 7.15. The number of imidazole rings is 2. The Morgan fingerprint density at radius 3 is 1.79 bits per heavy atom. The standard InChI is InChI=1S/C37H42N8O6S2/c1-20(2)30(42-36(48)50-3)34(46)44-14-8-12-24(44)32-38-18-22(40-32)26-16-28-29(52-26)17-27(53-28)23-19-39-33(41-23)25-13-9-15-45(25)35(47)31(43-37(49)51-4)21-10-6-5-7-11-21/h5-7,10-11,16-20,24-25,30-31H,8-9,12-15H2,1-4H3,(H,38,40)(H,39,41)(H,42,48)(H,43,49)/t24-,25-,30-,31+/m0/s1. The van der Waals surface area contributed by atoms with Crippen molar-refractivity contribution in [3.05, 3.63) is 72.1 Å². The molecule has 0 spiro atoms. The number of nitrogens with zero attached hydrogens (tertiary/aromatic N) is 4. The van der Waals surface area contributed by atoms with Gasteiger partial charge in [-0.05, 0) is 49.3 Å². The van der Waals surface area contributed by atoms with E-state index in [-0.39, 0.29) is 29.8 Å². The molecule has 4 N–H and O–H groups in total. The van der Waals surface area contributed by atoms with Crippen LogP contribution in [0.25, 0.3) is 30.5 Å². The summed E-state index contributed by atoms with van der Waals surface area (Å²) >= 11 is 3.31. The van der Waals surface area contributed by atoms with Crippen molar-refractivity contribution < 1.29 is 28.7 Å². The molecular formula is C37H42N8O6S2. The molecule has 1 aromatic carbocycles. The average Bonchev–Trinajstić information content (AvgIpc) is 4.00. The lowest BCUT2D eigenvalue weighted by atomic mass is 10.0. The lowest BCUT2D eigenvalue weighted by Gasteiger charge is -2.30. The topological polar surface area (TPSA) is 175 Å². The van der Waals surface area contributed by atoms with E-state index in [0.717, 1.165) is 62.0 Å². The second-order valence-corrected chi connectivity index (χ2v) is 15.7. The summed E-state index contributed by atoms with van der Waals surface area (Å²) in [4.78, 5) is 73.6. The third-order valence-corrected chi connectivity index (χ3v) is 12.2. The summed E-state index contributed by atoms with van der Waals surface area (Å²) in [7, 11) is 2.57. The summed E-state index contributed by atoms with van der Waals surface area (Å²) in [6.45, 7) is 4.94. The molecule has 0 radical (unpaired) electrons. The molecule has 0 bridgehead atoms. The van der Waals surface area contributed by atoms with Gasteiger partial charge < -0.3 is 39.9 Å². The van der Waals surface area contributed by atoms with E-state index in [2.05, 4.69) is 32.7 Å². The summed E-state index contributed by atoms with van der Waals surface area (Å²) in [6, 6.07) is 11.4. The molecule has 5 aromatic rings. The van der Waals surface area contributed by atoms with Gasteiger partial charge in [0, 0.05) is 22.5 Å². The minimum atomic E-state index is -0.880. The molecule has 0 saturated carbocycles. The zero-order valence-electron chi connectivity index (χ0n) is 29.9. The molecule has 6 heterocycles. The molecule has 2 aliphatic rings. The largest absolute Gasteiger partial charge is 0.453 e. The van der Waals surface area contributed by atoms with Crippen molar-refractivity contribution in [2.45, 2.75) is 63.7 Å². The number of fused-ring (bicyclic) bond motifs is 1. The highest BCUT2D eigenvalue weighted by atomic mass is 32.1. The number of thiophene rings is 2. The van der Waals surface area contributed by atoms with Crippen LogP contribution in [-0.4, -0.2) is 87.1 Å². The molecule has 2 saturated heterocycles. The Kier molecular flexibility index (Phi) is 10.5. The second kappa shape index (κ2) is 15.4. The monoisotopic (exact) mass is 758 g/mol. The van der Waals surface area contributed by atoms with Gasteiger partial charge in [0.1, 0.15) is 23.7 Å². The number of amides is 4. The number of alkyl carbamates (subject to hydrolysis) is 2. The van der Waals surface area contributed by atoms with Gasteiger partial charge in [-0.2, -0.15) is 0 Å². The normalized spacial score (nSPS) is 18.4. The van der Waals surface area contributed by atoms with Crippen LogP contribution in [-0.2, 0) is 19.1 Å². The highest BCUT2D eigenvalue weighted by Gasteiger charge is 2.39. The summed E-state index contributed by atoms with van der Waals surface area (Å²) in [6.07, 6.45) is 5.53. The maximum Gasteiger partial charge on any atom is 0.407 e. The number of aromatic amines is 2. The highest BCUT2D eigenvalue weighted by molar-refractivity contribution is 7.31. The van der Waals surface area contributed by atoms with Crippen LogP contribution in [0.15, 0.2) is 54.9 Å². The zero-order chi connectivity index (χ0) is 37.2. The number of H-pyrrole nitrogens is 2. The van der Waals surface area contributed by atoms with Gasteiger partial charge in [0.2, 0.25) is 5.91 Å². The van der Waals surface area contributed by atoms with Crippen molar-refractivity contribution in [1.82, 2.24) is 40.4 Å². The van der Waals surface area contributed by atoms with Crippen LogP contribution in [0.3, 0.4) is 0 Å². The van der Waals surface area contributed by atoms with E-state index in [9.17, 15) is 19.2 Å². The molecule has 4 atom stereocenters. The highest BCUT2D eigenvalue weighted by Crippen LogP contribution is 2.42. The van der Waals surface area contributed by atoms with Gasteiger partial charge >= 0.3 is 12.2 Å². The molecule has 7 rings (SSSR count). The Balaban J connectivity index is 1.05. The summed E-state index contributed by atoms with van der Waals surface area (Å²) in [5, 5.41) is 5.40. The number of benzene rings is 1. The van der Waals surface area contributed by atoms with Crippen LogP contribution in [0.4, 0.5) is 9.59 Å². The van der Waals surface area contributed by atoms with Gasteiger partial charge in [0.25, 0.3) is 5.91 Å². The molecule has 4 aromatic heterocycles. The Hall–Kier alpha value is -5.22. The molecule has 4 amide bonds. The van der Waals surface area contributed by atoms with Crippen molar-refractivity contribution in [2.24, 2.45) is 5.92 Å². The number of nitrogens with one attached hydrogen (secondary N) is 4. The lowest BCUT2D eigenvalue weighted by Crippen LogP contribution is -2.51. The van der Waals surface area contributed by atoms with Gasteiger partial charge in [0.15, 0.2) is 0 Å². The molecule has 14 nitrogen and oxygen atoms in total. The molecule has 2 aliphatic heterocycles. The second-order valence-electron chi connectivity index (χ2n) is 13.5. The summed E-state index contributed by atoms with van der Waals surface area (Å²) < 4.78 is 11.8. The smallest absolute Gasteiger partial charge is 0.407 e. The number of ether oxygens (including phenoxy) is 2. The molecule has 2 fully saturated rings. The van der Waals surface area contributed by atoms with Crippen LogP contribution >= 0.6 is 22.7 Å². The van der Waals surface area contributed by atoms with Crippen LogP contribution < -0.4 is 10.6 Å². The maximum absolute atomic E-state index is 13.9. The molecule has 16 heteroatoms. The number of carbonyl (C=O) groups excluding carboxylic acids is 4. The Labute approximate surface area is 314 Å². The zero-order valence-corrected chi connectivity index (χ0v) is 31.5. The Morgan fingerprint density at radius 2 is 1.28 bits per heavy atom. The average molecular weight is 759 g/mol. The number of aromatic nitrogens is 4. The third-order valence-electron chi connectivity index (χ3n) is 9.85. The SMILES string of the molecule is COC(=O)N[C@H](C(=O)N1CCC[C@H]1c1ncc(-c2cc3sc(-c4cnc([C@@H]5CCCN5C(=O)[C@H](NC(=O)OC)c5ccccc5)[nH]4)cc3s2)[nH]1)C(C)C. The number of likely N-dealkylation sites (tertiary alicyclic amines) is 2. The number of carbonyl (C=O) groups is 4. The van der Waals surface area contributed by atoms with E-state index in [0.29, 0.717) is 24.5 Å². The predicted molar refractivity (Wildman–Crippen MR) is 201 cm³/mol. The van der Waals surface area contributed by atoms with E-state index in [1.165, 1.54) is 14.2 Å². The maximum atomic E-state index is 13.9. The van der Waals surface area contributed by atoms with Crippen LogP contribution in [0.2, 0.25) is 0 Å². The van der Waals surface area contributed by atoms with E-state index in [1.54, 1.807) is 27.6 Å². The molecule has 0 unspecified atom stereocenters. The van der Waals surface area contributed by atoms with Crippen LogP contribution in [0.5, 0.6) is 0 Å². The number of rotatable bonds is 10. The third kappa shape index (κ3) is 7.38. The number of methoxy groups -OCH3 is 2. The van der Waals surface area contributed by atoms with Crippen molar-refractivity contribution in [3.63, 3.8) is 0 Å². The number of hydrogen-bond acceptors (Lipinski definition) is 10. The first-order chi connectivity index (χ1) is 25.6. The molecule has 278 valence electrons. The van der Waals surface area contributed by atoms with Crippen LogP contribution in [0.1, 0.15) is 74.9 Å². The Morgan fingerprint density at radius 1 is 0.774 bits per heavy atom. The van der Waals surface area contributed by atoms with Crippen molar-refractivity contribution in [2.75, 3.05) is 27.3 Å². The summed E-state index contributed by atoms with van der Waals surface area (Å²) in [5.74, 6) is 0.971. The van der Waals surface area contributed by atoms with Gasteiger partial charge in [-0.25, -0.2) is 19.6 Å². The minimum absolute atomic E-state index is 0.108. The van der Waals surface area contributed by atoms with Gasteiger partial charge in [0.05, 0.1) is 59.8 Å². The fraction of sp³-hybridized carbons (Fsp3) is 0.405. The predicted octanol–water partition coefficient (Wildman–Crippen LogP) is 6.55. The van der Waals surface area contributed by atoms with Gasteiger partial charge in [-0.15, -0.1) is 22.7 Å². The van der Waals surface area contributed by atoms with E-state index in [1.807, 2.05) is 61.5 Å². The number of hydrogen-bond donors (Lipinski definition) is 4. The first-order valence-corrected chi connectivity index (χ1v) is 19.3. The van der Waals surface area contributed by atoms with Crippen LogP contribution in [0, 0.1) is 5.92 Å². The first-order valence-electron chi connectivity index (χ1n) is 17.6. The molecular weight excluding hydrogens is 717 g/mol. The molecule has 53 heavy (non-hydrogen) atoms. The summed E-state index contributed by atoms with van der Waals surface area (Å²) in [5.41, 5.74) is 2.43. The van der Waals surface area contributed by atoms with E-state index in [4.69, 9.17) is 19.4 Å². The van der Waals surface area contributed by atoms with Crippen molar-refractivity contribution in [3.8, 4) is 21.1 Å². The Bertz CT molecular complexity index is 2070. The van der Waals surface area contributed by atoms with E-state index >= 15 is 0 Å².